The minimum absolute atomic E-state index is 0.0120. The number of imidazole rings is 1. The van der Waals surface area contributed by atoms with Crippen LogP contribution in [0, 0.1) is 11.8 Å². The third-order valence-electron chi connectivity index (χ3n) is 4.79. The Hall–Kier alpha value is -2.95. The molecule has 2 aromatic rings. The van der Waals surface area contributed by atoms with Crippen LogP contribution in [0.25, 0.3) is 21.6 Å². The number of nitrogens with zero attached hydrogens (tertiary/aromatic N) is 6. The summed E-state index contributed by atoms with van der Waals surface area (Å²) < 4.78 is 7.48. The van der Waals surface area contributed by atoms with E-state index in [9.17, 15) is 14.7 Å². The number of fused-ring (bicyclic) bond motifs is 1. The third kappa shape index (κ3) is 3.44. The van der Waals surface area contributed by atoms with Crippen LogP contribution in [0.15, 0.2) is 16.2 Å². The van der Waals surface area contributed by atoms with Crippen molar-refractivity contribution in [2.45, 2.75) is 45.6 Å². The number of H-pyrrole nitrogens is 1. The molecule has 0 bridgehead atoms. The number of hydrogen-bond donors (Lipinski definition) is 3. The molecule has 28 heavy (non-hydrogen) atoms. The van der Waals surface area contributed by atoms with Gasteiger partial charge in [0.1, 0.15) is 6.23 Å². The Morgan fingerprint density at radius 1 is 1.57 bits per heavy atom. The highest BCUT2D eigenvalue weighted by molar-refractivity contribution is 5.91. The van der Waals surface area contributed by atoms with E-state index in [4.69, 9.17) is 10.3 Å². The van der Waals surface area contributed by atoms with Crippen LogP contribution in [0.5, 0.6) is 0 Å². The average molecular weight is 390 g/mol. The highest BCUT2D eigenvalue weighted by Crippen LogP contribution is 2.38. The summed E-state index contributed by atoms with van der Waals surface area (Å²) in [6.45, 7) is 5.12. The number of rotatable bonds is 6. The fourth-order valence-corrected chi connectivity index (χ4v) is 3.28. The maximum Gasteiger partial charge on any atom is 0.280 e. The summed E-state index contributed by atoms with van der Waals surface area (Å²) in [6.07, 6.45) is 0.865. The molecule has 150 valence electrons. The first-order valence-electron chi connectivity index (χ1n) is 8.99. The fraction of sp³-hybridized carbons (Fsp3) is 0.625. The van der Waals surface area contributed by atoms with Crippen LogP contribution in [0.1, 0.15) is 33.4 Å². The lowest BCUT2D eigenvalue weighted by Gasteiger charge is -2.18. The summed E-state index contributed by atoms with van der Waals surface area (Å²) in [5, 5.41) is 16.1. The van der Waals surface area contributed by atoms with E-state index in [1.54, 1.807) is 13.8 Å². The molecule has 1 saturated heterocycles. The van der Waals surface area contributed by atoms with Gasteiger partial charge in [-0.05, 0) is 12.0 Å². The Morgan fingerprint density at radius 2 is 2.32 bits per heavy atom. The van der Waals surface area contributed by atoms with E-state index in [0.717, 1.165) is 0 Å². The quantitative estimate of drug-likeness (QED) is 0.381. The van der Waals surface area contributed by atoms with E-state index in [0.29, 0.717) is 6.42 Å². The van der Waals surface area contributed by atoms with E-state index in [-0.39, 0.29) is 41.6 Å². The van der Waals surface area contributed by atoms with E-state index < -0.39 is 23.7 Å². The molecule has 4 atom stereocenters. The van der Waals surface area contributed by atoms with Gasteiger partial charge >= 0.3 is 0 Å². The minimum atomic E-state index is -0.786. The Labute approximate surface area is 159 Å². The molecule has 0 aliphatic carbocycles. The summed E-state index contributed by atoms with van der Waals surface area (Å²) in [4.78, 5) is 38.0. The molecule has 3 rings (SSSR count). The van der Waals surface area contributed by atoms with Gasteiger partial charge in [-0.3, -0.25) is 24.5 Å². The Morgan fingerprint density at radius 3 is 2.93 bits per heavy atom. The van der Waals surface area contributed by atoms with Gasteiger partial charge < -0.3 is 9.84 Å². The van der Waals surface area contributed by atoms with Crippen molar-refractivity contribution in [3.05, 3.63) is 27.1 Å². The number of aromatic nitrogens is 4. The molecule has 0 saturated carbocycles. The highest BCUT2D eigenvalue weighted by atomic mass is 16.5. The molecular weight excluding hydrogens is 368 g/mol. The van der Waals surface area contributed by atoms with Crippen LogP contribution >= 0.6 is 0 Å². The number of anilines is 1. The van der Waals surface area contributed by atoms with Crippen LogP contribution in [-0.2, 0) is 9.53 Å². The predicted octanol–water partition coefficient (Wildman–Crippen LogP) is 1.31. The third-order valence-corrected chi connectivity index (χ3v) is 4.79. The van der Waals surface area contributed by atoms with E-state index in [1.807, 2.05) is 6.92 Å². The zero-order valence-corrected chi connectivity index (χ0v) is 15.7. The lowest BCUT2D eigenvalue weighted by Crippen LogP contribution is -2.27. The number of ether oxygens (including phenoxy) is 1. The van der Waals surface area contributed by atoms with Gasteiger partial charge in [-0.15, -0.1) is 0 Å². The zero-order valence-electron chi connectivity index (χ0n) is 15.7. The van der Waals surface area contributed by atoms with Crippen molar-refractivity contribution in [2.75, 3.05) is 11.9 Å². The lowest BCUT2D eigenvalue weighted by molar-refractivity contribution is -0.118. The second kappa shape index (κ2) is 7.97. The van der Waals surface area contributed by atoms with Gasteiger partial charge in [0.15, 0.2) is 11.2 Å². The fourth-order valence-electron chi connectivity index (χ4n) is 3.28. The standard InChI is InChI=1S/C16H22N8O4/c1-4-9-8(5-25)10(22-23-17)15(28-9)24-6-18-11-12(24)19-16(21-14(11)27)20-13(26)7(2)3/h6-10,15,25H,4-5H2,1-3H3,(H2,19,20,21,26,27)/t8-,9-,10-,15-/m1/s1. The molecule has 0 radical (unpaired) electrons. The maximum atomic E-state index is 12.3. The smallest absolute Gasteiger partial charge is 0.280 e. The van der Waals surface area contributed by atoms with Crippen molar-refractivity contribution in [2.24, 2.45) is 17.0 Å². The van der Waals surface area contributed by atoms with E-state index >= 15 is 0 Å². The van der Waals surface area contributed by atoms with Gasteiger partial charge in [0.25, 0.3) is 5.56 Å². The van der Waals surface area contributed by atoms with Crippen molar-refractivity contribution < 1.29 is 14.6 Å². The van der Waals surface area contributed by atoms with Crippen molar-refractivity contribution in [3.8, 4) is 0 Å². The number of azide groups is 1. The average Bonchev–Trinajstić information content (AvgIpc) is 3.23. The first-order chi connectivity index (χ1) is 13.4. The molecule has 1 amide bonds. The Kier molecular flexibility index (Phi) is 5.63. The number of amides is 1. The summed E-state index contributed by atoms with van der Waals surface area (Å²) in [7, 11) is 0. The van der Waals surface area contributed by atoms with Crippen molar-refractivity contribution in [1.82, 2.24) is 19.5 Å². The summed E-state index contributed by atoms with van der Waals surface area (Å²) in [5.41, 5.74) is 8.66. The molecule has 0 unspecified atom stereocenters. The molecule has 2 aromatic heterocycles. The number of aromatic amines is 1. The summed E-state index contributed by atoms with van der Waals surface area (Å²) in [5.74, 6) is -1.01. The number of nitrogens with one attached hydrogen (secondary N) is 2. The lowest BCUT2D eigenvalue weighted by atomic mass is 9.95. The molecule has 0 aromatic carbocycles. The van der Waals surface area contributed by atoms with Gasteiger partial charge in [-0.1, -0.05) is 25.9 Å². The SMILES string of the molecule is CC[C@H]1O[C@@H](n2cnc3c(=O)[nH]c(NC(=O)C(C)C)nc32)[C@H](N=[N+]=[N-])[C@@H]1CO. The van der Waals surface area contributed by atoms with Gasteiger partial charge in [0.05, 0.1) is 18.5 Å². The van der Waals surface area contributed by atoms with Gasteiger partial charge in [0.2, 0.25) is 11.9 Å². The first kappa shape index (κ1) is 19.8. The van der Waals surface area contributed by atoms with Gasteiger partial charge in [-0.2, -0.15) is 4.98 Å². The number of carbonyl (C=O) groups is 1. The first-order valence-corrected chi connectivity index (χ1v) is 8.99. The Balaban J connectivity index is 2.07. The normalized spacial score (nSPS) is 24.5. The molecule has 12 nitrogen and oxygen atoms in total. The molecular formula is C16H22N8O4. The van der Waals surface area contributed by atoms with Crippen LogP contribution in [0.3, 0.4) is 0 Å². The second-order valence-electron chi connectivity index (χ2n) is 6.90. The topological polar surface area (TPSA) is 171 Å². The molecule has 0 spiro atoms. The number of aliphatic hydroxyl groups is 1. The number of carbonyl (C=O) groups excluding carboxylic acids is 1. The van der Waals surface area contributed by atoms with Gasteiger partial charge in [-0.25, -0.2) is 4.98 Å². The highest BCUT2D eigenvalue weighted by Gasteiger charge is 2.44. The van der Waals surface area contributed by atoms with Crippen LogP contribution in [0.4, 0.5) is 5.95 Å². The van der Waals surface area contributed by atoms with Crippen molar-refractivity contribution >= 4 is 23.0 Å². The molecule has 3 N–H and O–H groups in total. The molecule has 12 heteroatoms. The molecule has 1 aliphatic heterocycles. The van der Waals surface area contributed by atoms with E-state index in [1.165, 1.54) is 10.9 Å². The predicted molar refractivity (Wildman–Crippen MR) is 99.3 cm³/mol. The minimum Gasteiger partial charge on any atom is -0.396 e. The van der Waals surface area contributed by atoms with Gasteiger partial charge in [0, 0.05) is 23.4 Å². The molecule has 1 fully saturated rings. The second-order valence-corrected chi connectivity index (χ2v) is 6.90. The molecule has 3 heterocycles. The van der Waals surface area contributed by atoms with Crippen molar-refractivity contribution in [1.29, 1.82) is 0 Å². The van der Waals surface area contributed by atoms with Crippen LogP contribution < -0.4 is 10.9 Å². The number of hydrogen-bond acceptors (Lipinski definition) is 7. The monoisotopic (exact) mass is 390 g/mol. The van der Waals surface area contributed by atoms with Crippen molar-refractivity contribution in [3.63, 3.8) is 0 Å². The summed E-state index contributed by atoms with van der Waals surface area (Å²) >= 11 is 0. The van der Waals surface area contributed by atoms with Crippen LogP contribution in [0.2, 0.25) is 0 Å². The van der Waals surface area contributed by atoms with Crippen LogP contribution in [-0.4, -0.2) is 49.3 Å². The molecule has 1 aliphatic rings. The Bertz CT molecular complexity index is 977. The maximum absolute atomic E-state index is 12.3. The number of aliphatic hydroxyl groups excluding tert-OH is 1. The van der Waals surface area contributed by atoms with E-state index in [2.05, 4.69) is 30.3 Å². The largest absolute Gasteiger partial charge is 0.396 e. The summed E-state index contributed by atoms with van der Waals surface area (Å²) in [6, 6.07) is -0.702. The zero-order chi connectivity index (χ0) is 20.4.